The average molecular weight is 267 g/mol. The second-order valence-electron chi connectivity index (χ2n) is 4.40. The minimum atomic E-state index is -0.691. The van der Waals surface area contributed by atoms with Crippen molar-refractivity contribution in [3.05, 3.63) is 28.3 Å². The van der Waals surface area contributed by atoms with Crippen molar-refractivity contribution in [1.82, 2.24) is 0 Å². The number of nitro benzene ring substituents is 1. The van der Waals surface area contributed by atoms with E-state index in [1.54, 1.807) is 0 Å². The van der Waals surface area contributed by atoms with Gasteiger partial charge in [-0.1, -0.05) is 13.8 Å². The number of benzene rings is 1. The number of anilines is 1. The fraction of sp³-hybridized carbons (Fsp3) is 0.417. The lowest BCUT2D eigenvalue weighted by Crippen LogP contribution is -2.39. The van der Waals surface area contributed by atoms with Gasteiger partial charge in [-0.05, 0) is 12.0 Å². The van der Waals surface area contributed by atoms with Gasteiger partial charge in [0.25, 0.3) is 5.69 Å². The molecule has 0 aliphatic heterocycles. The molecule has 1 rings (SSSR count). The molecular weight excluding hydrogens is 250 g/mol. The number of hydrogen-bond acceptors (Lipinski definition) is 5. The van der Waals surface area contributed by atoms with E-state index in [9.17, 15) is 14.9 Å². The van der Waals surface area contributed by atoms with Gasteiger partial charge in [0.05, 0.1) is 23.8 Å². The van der Waals surface area contributed by atoms with Crippen LogP contribution in [0.2, 0.25) is 0 Å². The zero-order valence-corrected chi connectivity index (χ0v) is 11.0. The Morgan fingerprint density at radius 1 is 1.47 bits per heavy atom. The van der Waals surface area contributed by atoms with Gasteiger partial charge in [0.15, 0.2) is 0 Å². The molecule has 0 fully saturated rings. The minimum Gasteiger partial charge on any atom is -0.495 e. The maximum atomic E-state index is 11.8. The molecule has 0 saturated heterocycles. The van der Waals surface area contributed by atoms with Crippen molar-refractivity contribution in [1.29, 1.82) is 0 Å². The Hall–Kier alpha value is -2.15. The number of hydrogen-bond donors (Lipinski definition) is 2. The topological polar surface area (TPSA) is 107 Å². The fourth-order valence-corrected chi connectivity index (χ4v) is 1.43. The van der Waals surface area contributed by atoms with Crippen LogP contribution in [0.1, 0.15) is 13.8 Å². The third-order valence-corrected chi connectivity index (χ3v) is 2.67. The van der Waals surface area contributed by atoms with Crippen molar-refractivity contribution in [3.8, 4) is 5.75 Å². The Labute approximate surface area is 110 Å². The first-order valence-electron chi connectivity index (χ1n) is 5.75. The van der Waals surface area contributed by atoms with Crippen LogP contribution in [0.4, 0.5) is 11.4 Å². The van der Waals surface area contributed by atoms with Gasteiger partial charge in [-0.15, -0.1) is 0 Å². The number of ether oxygens (including phenoxy) is 1. The van der Waals surface area contributed by atoms with E-state index in [0.29, 0.717) is 5.75 Å². The summed E-state index contributed by atoms with van der Waals surface area (Å²) in [6.07, 6.45) is 0. The van der Waals surface area contributed by atoms with Crippen molar-refractivity contribution in [3.63, 3.8) is 0 Å². The van der Waals surface area contributed by atoms with Crippen LogP contribution in [-0.2, 0) is 4.79 Å². The fourth-order valence-electron chi connectivity index (χ4n) is 1.43. The van der Waals surface area contributed by atoms with Gasteiger partial charge in [-0.3, -0.25) is 14.9 Å². The molecule has 1 aromatic carbocycles. The highest BCUT2D eigenvalue weighted by atomic mass is 16.6. The molecule has 0 aromatic heterocycles. The Bertz CT molecular complexity index is 488. The second-order valence-corrected chi connectivity index (χ2v) is 4.40. The molecule has 1 aromatic rings. The highest BCUT2D eigenvalue weighted by Gasteiger charge is 2.20. The van der Waals surface area contributed by atoms with E-state index in [-0.39, 0.29) is 17.3 Å². The molecule has 0 heterocycles. The van der Waals surface area contributed by atoms with Crippen molar-refractivity contribution < 1.29 is 14.5 Å². The molecule has 0 saturated carbocycles. The molecule has 0 bridgehead atoms. The normalized spacial score (nSPS) is 12.1. The smallest absolute Gasteiger partial charge is 0.271 e. The first-order chi connectivity index (χ1) is 8.86. The number of methoxy groups -OCH3 is 1. The summed E-state index contributed by atoms with van der Waals surface area (Å²) in [6, 6.07) is 3.28. The number of carbonyl (C=O) groups excluding carboxylic acids is 1. The molecule has 0 unspecified atom stereocenters. The summed E-state index contributed by atoms with van der Waals surface area (Å²) in [5, 5.41) is 13.3. The monoisotopic (exact) mass is 267 g/mol. The Balaban J connectivity index is 3.01. The Morgan fingerprint density at radius 2 is 2.11 bits per heavy atom. The maximum Gasteiger partial charge on any atom is 0.271 e. The summed E-state index contributed by atoms with van der Waals surface area (Å²) in [6.45, 7) is 3.63. The lowest BCUT2D eigenvalue weighted by molar-refractivity contribution is -0.384. The van der Waals surface area contributed by atoms with Gasteiger partial charge in [0.1, 0.15) is 5.75 Å². The third kappa shape index (κ3) is 3.65. The highest BCUT2D eigenvalue weighted by Crippen LogP contribution is 2.29. The number of rotatable bonds is 5. The SMILES string of the molecule is COc1ccc([N+](=O)[O-])cc1NC(=O)[C@@H](N)C(C)C. The van der Waals surface area contributed by atoms with Crippen molar-refractivity contribution in [2.75, 3.05) is 12.4 Å². The van der Waals surface area contributed by atoms with Crippen LogP contribution in [0.25, 0.3) is 0 Å². The van der Waals surface area contributed by atoms with Gasteiger partial charge in [-0.25, -0.2) is 0 Å². The molecule has 3 N–H and O–H groups in total. The van der Waals surface area contributed by atoms with E-state index in [4.69, 9.17) is 10.5 Å². The zero-order chi connectivity index (χ0) is 14.6. The molecule has 19 heavy (non-hydrogen) atoms. The van der Waals surface area contributed by atoms with Crippen LogP contribution < -0.4 is 15.8 Å². The van der Waals surface area contributed by atoms with Gasteiger partial charge in [0, 0.05) is 12.1 Å². The van der Waals surface area contributed by atoms with Crippen molar-refractivity contribution >= 4 is 17.3 Å². The van der Waals surface area contributed by atoms with Crippen LogP contribution >= 0.6 is 0 Å². The molecule has 0 spiro atoms. The van der Waals surface area contributed by atoms with E-state index in [1.165, 1.54) is 25.3 Å². The quantitative estimate of drug-likeness (QED) is 0.621. The first-order valence-corrected chi connectivity index (χ1v) is 5.75. The van der Waals surface area contributed by atoms with Crippen LogP contribution in [0, 0.1) is 16.0 Å². The summed E-state index contributed by atoms with van der Waals surface area (Å²) >= 11 is 0. The molecule has 0 radical (unpaired) electrons. The van der Waals surface area contributed by atoms with Crippen LogP contribution in [0.5, 0.6) is 5.75 Å². The molecule has 7 heteroatoms. The van der Waals surface area contributed by atoms with Crippen LogP contribution in [-0.4, -0.2) is 24.0 Å². The maximum absolute atomic E-state index is 11.8. The summed E-state index contributed by atoms with van der Waals surface area (Å²) < 4.78 is 5.04. The molecule has 7 nitrogen and oxygen atoms in total. The van der Waals surface area contributed by atoms with Gasteiger partial charge in [0.2, 0.25) is 5.91 Å². The van der Waals surface area contributed by atoms with Crippen LogP contribution in [0.3, 0.4) is 0 Å². The van der Waals surface area contributed by atoms with E-state index >= 15 is 0 Å². The van der Waals surface area contributed by atoms with E-state index in [2.05, 4.69) is 5.32 Å². The molecule has 104 valence electrons. The zero-order valence-electron chi connectivity index (χ0n) is 11.0. The van der Waals surface area contributed by atoms with Gasteiger partial charge < -0.3 is 15.8 Å². The number of non-ortho nitro benzene ring substituents is 1. The number of nitro groups is 1. The summed E-state index contributed by atoms with van der Waals surface area (Å²) in [5.74, 6) is -0.103. The van der Waals surface area contributed by atoms with E-state index < -0.39 is 16.9 Å². The number of amides is 1. The predicted octanol–water partition coefficient (Wildman–Crippen LogP) is 1.53. The lowest BCUT2D eigenvalue weighted by atomic mass is 10.0. The van der Waals surface area contributed by atoms with Crippen molar-refractivity contribution in [2.24, 2.45) is 11.7 Å². The number of nitrogens with zero attached hydrogens (tertiary/aromatic N) is 1. The number of carbonyl (C=O) groups is 1. The molecular formula is C12H17N3O4. The van der Waals surface area contributed by atoms with Crippen LogP contribution in [0.15, 0.2) is 18.2 Å². The highest BCUT2D eigenvalue weighted by molar-refractivity contribution is 5.96. The molecule has 1 amide bonds. The summed E-state index contributed by atoms with van der Waals surface area (Å²) in [5.41, 5.74) is 5.81. The Kier molecular flexibility index (Phi) is 4.82. The second kappa shape index (κ2) is 6.14. The lowest BCUT2D eigenvalue weighted by Gasteiger charge is -2.16. The molecule has 0 aliphatic carbocycles. The largest absolute Gasteiger partial charge is 0.495 e. The predicted molar refractivity (Wildman–Crippen MR) is 71.1 cm³/mol. The number of nitrogens with two attached hydrogens (primary N) is 1. The summed E-state index contributed by atoms with van der Waals surface area (Å²) in [4.78, 5) is 22.0. The van der Waals surface area contributed by atoms with Crippen molar-refractivity contribution in [2.45, 2.75) is 19.9 Å². The summed E-state index contributed by atoms with van der Waals surface area (Å²) in [7, 11) is 1.42. The average Bonchev–Trinajstić information content (AvgIpc) is 2.37. The number of nitrogens with one attached hydrogen (secondary N) is 1. The van der Waals surface area contributed by atoms with Gasteiger partial charge >= 0.3 is 0 Å². The molecule has 1 atom stereocenters. The first kappa shape index (κ1) is 14.9. The Morgan fingerprint density at radius 3 is 2.58 bits per heavy atom. The third-order valence-electron chi connectivity index (χ3n) is 2.67. The van der Waals surface area contributed by atoms with E-state index in [1.807, 2.05) is 13.8 Å². The van der Waals surface area contributed by atoms with E-state index in [0.717, 1.165) is 0 Å². The standard InChI is InChI=1S/C12H17N3O4/c1-7(2)11(13)12(16)14-9-6-8(15(17)18)4-5-10(9)19-3/h4-7,11H,13H2,1-3H3,(H,14,16)/t11-/m0/s1. The minimum absolute atomic E-state index is 0.0373. The molecule has 0 aliphatic rings. The van der Waals surface area contributed by atoms with Gasteiger partial charge in [-0.2, -0.15) is 0 Å².